The van der Waals surface area contributed by atoms with Gasteiger partial charge in [-0.15, -0.1) is 0 Å². The molecule has 0 aliphatic carbocycles. The molecule has 0 aliphatic rings. The Bertz CT molecular complexity index is 1130. The lowest BCUT2D eigenvalue weighted by Gasteiger charge is -2.06. The first-order valence-electron chi connectivity index (χ1n) is 8.60. The highest BCUT2D eigenvalue weighted by atomic mass is 16.1. The SMILES string of the molecule is CC(C)n1cc(C(=O)Nc2ncc3ccc(-c4cncn4C)cc3n2)cn1. The van der Waals surface area contributed by atoms with Crippen molar-refractivity contribution >= 4 is 22.8 Å². The molecular weight excluding hydrogens is 342 g/mol. The smallest absolute Gasteiger partial charge is 0.261 e. The van der Waals surface area contributed by atoms with Gasteiger partial charge in [0.2, 0.25) is 5.95 Å². The first kappa shape index (κ1) is 16.9. The number of benzene rings is 1. The zero-order chi connectivity index (χ0) is 19.0. The first-order valence-corrected chi connectivity index (χ1v) is 8.60. The highest BCUT2D eigenvalue weighted by molar-refractivity contribution is 6.03. The summed E-state index contributed by atoms with van der Waals surface area (Å²) in [6.45, 7) is 4.00. The monoisotopic (exact) mass is 361 g/mol. The van der Waals surface area contributed by atoms with Gasteiger partial charge < -0.3 is 4.57 Å². The summed E-state index contributed by atoms with van der Waals surface area (Å²) in [6, 6.07) is 6.10. The Morgan fingerprint density at radius 3 is 2.74 bits per heavy atom. The number of aromatic nitrogens is 6. The number of aryl methyl sites for hydroxylation is 1. The van der Waals surface area contributed by atoms with Crippen LogP contribution in [-0.4, -0.2) is 35.2 Å². The Morgan fingerprint density at radius 1 is 1.19 bits per heavy atom. The molecule has 0 spiro atoms. The predicted molar refractivity (Wildman–Crippen MR) is 102 cm³/mol. The van der Waals surface area contributed by atoms with Gasteiger partial charge in [0.25, 0.3) is 5.91 Å². The standard InChI is InChI=1S/C19H19N7O/c1-12(2)26-10-15(8-22-26)18(27)24-19-21-7-14-5-4-13(6-16(14)23-19)17-9-20-11-25(17)3/h4-12H,1-3H3,(H,21,23,24,27). The van der Waals surface area contributed by atoms with Crippen LogP contribution in [0.1, 0.15) is 30.2 Å². The van der Waals surface area contributed by atoms with Gasteiger partial charge in [-0.2, -0.15) is 5.10 Å². The zero-order valence-corrected chi connectivity index (χ0v) is 15.3. The van der Waals surface area contributed by atoms with E-state index in [1.807, 2.05) is 43.7 Å². The Balaban J connectivity index is 1.62. The zero-order valence-electron chi connectivity index (χ0n) is 15.3. The van der Waals surface area contributed by atoms with Crippen LogP contribution in [0.15, 0.2) is 49.3 Å². The molecule has 4 aromatic rings. The predicted octanol–water partition coefficient (Wildman–Crippen LogP) is 3.06. The summed E-state index contributed by atoms with van der Waals surface area (Å²) in [6.07, 6.45) is 8.50. The molecule has 0 aliphatic heterocycles. The molecule has 0 atom stereocenters. The molecule has 3 heterocycles. The lowest BCUT2D eigenvalue weighted by Crippen LogP contribution is -2.13. The number of nitrogens with one attached hydrogen (secondary N) is 1. The van der Waals surface area contributed by atoms with Gasteiger partial charge in [0.05, 0.1) is 35.5 Å². The second-order valence-electron chi connectivity index (χ2n) is 6.61. The summed E-state index contributed by atoms with van der Waals surface area (Å²) in [5.74, 6) is -0.0315. The average molecular weight is 361 g/mol. The molecular formula is C19H19N7O. The van der Waals surface area contributed by atoms with E-state index in [4.69, 9.17) is 0 Å². The Hall–Kier alpha value is -3.55. The molecule has 0 fully saturated rings. The third-order valence-electron chi connectivity index (χ3n) is 4.31. The molecule has 8 heteroatoms. The summed E-state index contributed by atoms with van der Waals surface area (Å²) < 4.78 is 3.67. The van der Waals surface area contributed by atoms with E-state index in [-0.39, 0.29) is 17.9 Å². The van der Waals surface area contributed by atoms with E-state index in [2.05, 4.69) is 25.4 Å². The molecule has 0 saturated carbocycles. The minimum atomic E-state index is -0.288. The van der Waals surface area contributed by atoms with Crippen molar-refractivity contribution in [2.45, 2.75) is 19.9 Å². The Kier molecular flexibility index (Phi) is 4.15. The van der Waals surface area contributed by atoms with Crippen molar-refractivity contribution in [3.63, 3.8) is 0 Å². The first-order chi connectivity index (χ1) is 13.0. The van der Waals surface area contributed by atoms with Crippen LogP contribution in [-0.2, 0) is 7.05 Å². The van der Waals surface area contributed by atoms with E-state index in [0.29, 0.717) is 5.56 Å². The van der Waals surface area contributed by atoms with Crippen LogP contribution in [0, 0.1) is 0 Å². The maximum absolute atomic E-state index is 12.4. The molecule has 0 radical (unpaired) electrons. The summed E-state index contributed by atoms with van der Waals surface area (Å²) in [4.78, 5) is 25.3. The van der Waals surface area contributed by atoms with Gasteiger partial charge in [-0.1, -0.05) is 12.1 Å². The van der Waals surface area contributed by atoms with Gasteiger partial charge in [-0.25, -0.2) is 15.0 Å². The maximum Gasteiger partial charge on any atom is 0.261 e. The molecule has 4 rings (SSSR count). The molecule has 3 aromatic heterocycles. The van der Waals surface area contributed by atoms with E-state index >= 15 is 0 Å². The highest BCUT2D eigenvalue weighted by Gasteiger charge is 2.12. The van der Waals surface area contributed by atoms with Crippen LogP contribution < -0.4 is 5.32 Å². The van der Waals surface area contributed by atoms with Crippen LogP contribution in [0.25, 0.3) is 22.2 Å². The van der Waals surface area contributed by atoms with Crippen molar-refractivity contribution in [2.24, 2.45) is 7.05 Å². The molecule has 27 heavy (non-hydrogen) atoms. The van der Waals surface area contributed by atoms with Crippen molar-refractivity contribution in [3.8, 4) is 11.3 Å². The number of rotatable bonds is 4. The Labute approximate surface area is 155 Å². The van der Waals surface area contributed by atoms with E-state index in [9.17, 15) is 4.79 Å². The fraction of sp³-hybridized carbons (Fsp3) is 0.211. The highest BCUT2D eigenvalue weighted by Crippen LogP contribution is 2.23. The van der Waals surface area contributed by atoms with Gasteiger partial charge in [-0.05, 0) is 19.9 Å². The van der Waals surface area contributed by atoms with Crippen LogP contribution in [0.3, 0.4) is 0 Å². The minimum absolute atomic E-state index is 0.189. The fourth-order valence-corrected chi connectivity index (χ4v) is 2.79. The number of anilines is 1. The largest absolute Gasteiger partial charge is 0.334 e. The number of hydrogen-bond acceptors (Lipinski definition) is 5. The van der Waals surface area contributed by atoms with E-state index in [0.717, 1.165) is 22.2 Å². The van der Waals surface area contributed by atoms with Crippen molar-refractivity contribution in [1.29, 1.82) is 0 Å². The molecule has 0 unspecified atom stereocenters. The second kappa shape index (κ2) is 6.64. The van der Waals surface area contributed by atoms with Crippen LogP contribution in [0.5, 0.6) is 0 Å². The Morgan fingerprint density at radius 2 is 2.04 bits per heavy atom. The molecule has 0 bridgehead atoms. The molecule has 1 amide bonds. The van der Waals surface area contributed by atoms with E-state index in [1.54, 1.807) is 29.6 Å². The number of carbonyl (C=O) groups is 1. The van der Waals surface area contributed by atoms with Crippen molar-refractivity contribution < 1.29 is 4.79 Å². The van der Waals surface area contributed by atoms with Gasteiger partial charge in [-0.3, -0.25) is 14.8 Å². The third kappa shape index (κ3) is 3.29. The molecule has 0 saturated heterocycles. The number of nitrogens with zero attached hydrogens (tertiary/aromatic N) is 6. The van der Waals surface area contributed by atoms with Crippen molar-refractivity contribution in [1.82, 2.24) is 29.3 Å². The number of fused-ring (bicyclic) bond motifs is 1. The number of hydrogen-bond donors (Lipinski definition) is 1. The third-order valence-corrected chi connectivity index (χ3v) is 4.31. The number of amides is 1. The van der Waals surface area contributed by atoms with E-state index in [1.165, 1.54) is 6.20 Å². The minimum Gasteiger partial charge on any atom is -0.334 e. The molecule has 136 valence electrons. The fourth-order valence-electron chi connectivity index (χ4n) is 2.79. The van der Waals surface area contributed by atoms with Gasteiger partial charge >= 0.3 is 0 Å². The van der Waals surface area contributed by atoms with Crippen molar-refractivity contribution in [3.05, 3.63) is 54.9 Å². The molecule has 1 N–H and O–H groups in total. The van der Waals surface area contributed by atoms with Gasteiger partial charge in [0.1, 0.15) is 0 Å². The lowest BCUT2D eigenvalue weighted by atomic mass is 10.1. The van der Waals surface area contributed by atoms with Crippen molar-refractivity contribution in [2.75, 3.05) is 5.32 Å². The molecule has 8 nitrogen and oxygen atoms in total. The normalized spacial score (nSPS) is 11.3. The summed E-state index contributed by atoms with van der Waals surface area (Å²) in [5.41, 5.74) is 3.20. The quantitative estimate of drug-likeness (QED) is 0.603. The topological polar surface area (TPSA) is 90.5 Å². The summed E-state index contributed by atoms with van der Waals surface area (Å²) in [7, 11) is 1.94. The summed E-state index contributed by atoms with van der Waals surface area (Å²) in [5, 5.41) is 7.81. The maximum atomic E-state index is 12.4. The van der Waals surface area contributed by atoms with E-state index < -0.39 is 0 Å². The lowest BCUT2D eigenvalue weighted by molar-refractivity contribution is 0.102. The van der Waals surface area contributed by atoms with Crippen LogP contribution in [0.4, 0.5) is 5.95 Å². The van der Waals surface area contributed by atoms with Crippen LogP contribution >= 0.6 is 0 Å². The van der Waals surface area contributed by atoms with Gasteiger partial charge in [0, 0.05) is 36.4 Å². The number of imidazole rings is 1. The number of carbonyl (C=O) groups excluding carboxylic acids is 1. The van der Waals surface area contributed by atoms with Gasteiger partial charge in [0.15, 0.2) is 0 Å². The summed E-state index contributed by atoms with van der Waals surface area (Å²) >= 11 is 0. The van der Waals surface area contributed by atoms with Crippen LogP contribution in [0.2, 0.25) is 0 Å². The average Bonchev–Trinajstić information content (AvgIpc) is 3.30. The molecule has 1 aromatic carbocycles. The second-order valence-corrected chi connectivity index (χ2v) is 6.61.